The summed E-state index contributed by atoms with van der Waals surface area (Å²) in [6.07, 6.45) is 0.424. The Kier molecular flexibility index (Phi) is 4.89. The molecule has 23 heavy (non-hydrogen) atoms. The predicted molar refractivity (Wildman–Crippen MR) is 90.8 cm³/mol. The first-order valence-corrected chi connectivity index (χ1v) is 9.25. The van der Waals surface area contributed by atoms with Gasteiger partial charge in [0.15, 0.2) is 9.84 Å². The molecule has 0 aliphatic carbocycles. The molecule has 1 aromatic carbocycles. The first-order valence-electron chi connectivity index (χ1n) is 7.60. The Labute approximate surface area is 137 Å². The van der Waals surface area contributed by atoms with E-state index in [2.05, 4.69) is 5.32 Å². The number of nitrogens with zero attached hydrogens (tertiary/aromatic N) is 1. The van der Waals surface area contributed by atoms with Gasteiger partial charge in [0.25, 0.3) is 0 Å². The van der Waals surface area contributed by atoms with Crippen LogP contribution in [0.25, 0.3) is 0 Å². The highest BCUT2D eigenvalue weighted by molar-refractivity contribution is 7.92. The summed E-state index contributed by atoms with van der Waals surface area (Å²) in [4.78, 5) is 14.1. The van der Waals surface area contributed by atoms with Crippen molar-refractivity contribution in [2.75, 3.05) is 31.3 Å². The molecule has 0 spiro atoms. The minimum atomic E-state index is -3.20. The third-order valence-electron chi connectivity index (χ3n) is 4.43. The number of methoxy groups -OCH3 is 1. The van der Waals surface area contributed by atoms with Crippen molar-refractivity contribution < 1.29 is 17.9 Å². The number of urea groups is 1. The monoisotopic (exact) mass is 340 g/mol. The van der Waals surface area contributed by atoms with E-state index in [9.17, 15) is 13.2 Å². The fourth-order valence-electron chi connectivity index (χ4n) is 2.54. The number of anilines is 1. The maximum Gasteiger partial charge on any atom is 0.321 e. The molecule has 6 nitrogen and oxygen atoms in total. The van der Waals surface area contributed by atoms with Crippen molar-refractivity contribution in [1.29, 1.82) is 0 Å². The standard InChI is InChI=1S/C16H24N2O4S/c1-12-6-5-7-13(22-4)14(12)17-15(19)18-9-8-16(2,3)23(20,21)11-10-18/h5-7H,8-11H2,1-4H3,(H,17,19). The van der Waals surface area contributed by atoms with Crippen LogP contribution in [-0.2, 0) is 9.84 Å². The van der Waals surface area contributed by atoms with Crippen molar-refractivity contribution >= 4 is 21.6 Å². The number of hydrogen-bond acceptors (Lipinski definition) is 4. The zero-order chi connectivity index (χ0) is 17.3. The summed E-state index contributed by atoms with van der Waals surface area (Å²) >= 11 is 0. The molecule has 128 valence electrons. The van der Waals surface area contributed by atoms with E-state index < -0.39 is 14.6 Å². The third kappa shape index (κ3) is 3.60. The highest BCUT2D eigenvalue weighted by Crippen LogP contribution is 2.29. The number of aryl methyl sites for hydroxylation is 1. The molecule has 1 heterocycles. The number of para-hydroxylation sites is 1. The molecule has 0 unspecified atom stereocenters. The van der Waals surface area contributed by atoms with E-state index in [0.717, 1.165) is 5.56 Å². The van der Waals surface area contributed by atoms with E-state index in [4.69, 9.17) is 4.74 Å². The summed E-state index contributed by atoms with van der Waals surface area (Å²) in [5.41, 5.74) is 1.51. The van der Waals surface area contributed by atoms with Crippen LogP contribution >= 0.6 is 0 Å². The predicted octanol–water partition coefficient (Wildman–Crippen LogP) is 2.43. The summed E-state index contributed by atoms with van der Waals surface area (Å²) in [7, 11) is -1.66. The van der Waals surface area contributed by atoms with Crippen LogP contribution in [0.15, 0.2) is 18.2 Å². The number of sulfone groups is 1. The molecular weight excluding hydrogens is 316 g/mol. The maximum absolute atomic E-state index is 12.5. The van der Waals surface area contributed by atoms with Crippen molar-refractivity contribution in [3.63, 3.8) is 0 Å². The third-order valence-corrected chi connectivity index (χ3v) is 7.04. The molecular formula is C16H24N2O4S. The number of carbonyl (C=O) groups is 1. The Morgan fingerprint density at radius 3 is 2.65 bits per heavy atom. The van der Waals surface area contributed by atoms with E-state index in [0.29, 0.717) is 24.4 Å². The Balaban J connectivity index is 2.17. The first-order chi connectivity index (χ1) is 10.7. The van der Waals surface area contributed by atoms with Gasteiger partial charge < -0.3 is 15.0 Å². The van der Waals surface area contributed by atoms with E-state index in [-0.39, 0.29) is 18.3 Å². The molecule has 1 aliphatic rings. The van der Waals surface area contributed by atoms with Gasteiger partial charge in [-0.2, -0.15) is 0 Å². The number of rotatable bonds is 2. The lowest BCUT2D eigenvalue weighted by Crippen LogP contribution is -2.37. The molecule has 1 saturated heterocycles. The molecule has 7 heteroatoms. The van der Waals surface area contributed by atoms with Crippen LogP contribution in [-0.4, -0.2) is 50.0 Å². The lowest BCUT2D eigenvalue weighted by molar-refractivity contribution is 0.214. The minimum absolute atomic E-state index is 0.0155. The number of amides is 2. The smallest absolute Gasteiger partial charge is 0.321 e. The zero-order valence-corrected chi connectivity index (χ0v) is 14.9. The molecule has 1 fully saturated rings. The summed E-state index contributed by atoms with van der Waals surface area (Å²) in [5, 5.41) is 2.85. The number of nitrogens with one attached hydrogen (secondary N) is 1. The van der Waals surface area contributed by atoms with E-state index in [1.807, 2.05) is 19.1 Å². The minimum Gasteiger partial charge on any atom is -0.495 e. The zero-order valence-electron chi connectivity index (χ0n) is 14.0. The summed E-state index contributed by atoms with van der Waals surface area (Å²) in [6, 6.07) is 5.21. The molecule has 1 aromatic rings. The topological polar surface area (TPSA) is 75.7 Å². The summed E-state index contributed by atoms with van der Waals surface area (Å²) < 4.78 is 28.9. The number of hydrogen-bond donors (Lipinski definition) is 1. The average molecular weight is 340 g/mol. The molecule has 1 aliphatic heterocycles. The van der Waals surface area contributed by atoms with Crippen LogP contribution in [0.5, 0.6) is 5.75 Å². The number of ether oxygens (including phenoxy) is 1. The van der Waals surface area contributed by atoms with E-state index >= 15 is 0 Å². The van der Waals surface area contributed by atoms with Crippen molar-refractivity contribution in [1.82, 2.24) is 4.90 Å². The van der Waals surface area contributed by atoms with Crippen LogP contribution in [0.3, 0.4) is 0 Å². The van der Waals surface area contributed by atoms with Crippen molar-refractivity contribution in [3.8, 4) is 5.75 Å². The van der Waals surface area contributed by atoms with Crippen LogP contribution in [0, 0.1) is 6.92 Å². The molecule has 0 aromatic heterocycles. The second kappa shape index (κ2) is 6.39. The van der Waals surface area contributed by atoms with Crippen molar-refractivity contribution in [2.24, 2.45) is 0 Å². The van der Waals surface area contributed by atoms with Gasteiger partial charge in [-0.25, -0.2) is 13.2 Å². The lowest BCUT2D eigenvalue weighted by atomic mass is 10.1. The first kappa shape index (κ1) is 17.6. The van der Waals surface area contributed by atoms with Crippen molar-refractivity contribution in [2.45, 2.75) is 31.9 Å². The fourth-order valence-corrected chi connectivity index (χ4v) is 3.95. The molecule has 1 N–H and O–H groups in total. The van der Waals surface area contributed by atoms with Crippen LogP contribution in [0.2, 0.25) is 0 Å². The second-order valence-electron chi connectivity index (χ2n) is 6.40. The van der Waals surface area contributed by atoms with Gasteiger partial charge in [-0.3, -0.25) is 0 Å². The summed E-state index contributed by atoms with van der Waals surface area (Å²) in [6.45, 7) is 5.93. The molecule has 2 amide bonds. The van der Waals surface area contributed by atoms with Gasteiger partial charge in [-0.15, -0.1) is 0 Å². The van der Waals surface area contributed by atoms with Gasteiger partial charge in [0, 0.05) is 13.1 Å². The highest BCUT2D eigenvalue weighted by Gasteiger charge is 2.38. The van der Waals surface area contributed by atoms with Gasteiger partial charge in [0.1, 0.15) is 5.75 Å². The average Bonchev–Trinajstić information content (AvgIpc) is 2.58. The van der Waals surface area contributed by atoms with E-state index in [1.54, 1.807) is 31.9 Å². The normalized spacial score (nSPS) is 19.7. The van der Waals surface area contributed by atoms with Gasteiger partial charge in [0.2, 0.25) is 0 Å². The number of benzene rings is 1. The molecule has 0 saturated carbocycles. The van der Waals surface area contributed by atoms with Gasteiger partial charge in [-0.05, 0) is 38.8 Å². The lowest BCUT2D eigenvalue weighted by Gasteiger charge is -2.23. The fraction of sp³-hybridized carbons (Fsp3) is 0.562. The van der Waals surface area contributed by atoms with Gasteiger partial charge in [-0.1, -0.05) is 12.1 Å². The molecule has 0 bridgehead atoms. The summed E-state index contributed by atoms with van der Waals surface area (Å²) in [5.74, 6) is 0.569. The van der Waals surface area contributed by atoms with Gasteiger partial charge >= 0.3 is 6.03 Å². The van der Waals surface area contributed by atoms with E-state index in [1.165, 1.54) is 0 Å². The maximum atomic E-state index is 12.5. The Bertz CT molecular complexity index is 698. The Morgan fingerprint density at radius 1 is 1.30 bits per heavy atom. The van der Waals surface area contributed by atoms with Crippen LogP contribution in [0.4, 0.5) is 10.5 Å². The quantitative estimate of drug-likeness (QED) is 0.897. The second-order valence-corrected chi connectivity index (χ2v) is 9.14. The van der Waals surface area contributed by atoms with Crippen LogP contribution in [0.1, 0.15) is 25.8 Å². The largest absolute Gasteiger partial charge is 0.495 e. The molecule has 0 radical (unpaired) electrons. The Morgan fingerprint density at radius 2 is 2.00 bits per heavy atom. The molecule has 0 atom stereocenters. The van der Waals surface area contributed by atoms with Crippen molar-refractivity contribution in [3.05, 3.63) is 23.8 Å². The SMILES string of the molecule is COc1cccc(C)c1NC(=O)N1CCC(C)(C)S(=O)(=O)CC1. The molecule has 2 rings (SSSR count). The van der Waals surface area contributed by atoms with Crippen LogP contribution < -0.4 is 10.1 Å². The Hall–Kier alpha value is -1.76. The number of carbonyl (C=O) groups excluding carboxylic acids is 1. The van der Waals surface area contributed by atoms with Gasteiger partial charge in [0.05, 0.1) is 23.3 Å². The highest BCUT2D eigenvalue weighted by atomic mass is 32.2.